The van der Waals surface area contributed by atoms with Crippen LogP contribution in [0.25, 0.3) is 0 Å². The van der Waals surface area contributed by atoms with Gasteiger partial charge in [-0.15, -0.1) is 0 Å². The molecular formula is C20H26N4O4. The standard InChI is InChI=1S/C20H26N4O4/c1-26-18-5-3-2-4-17(18)19(25)24-7-8-27-14-20(13-24)12-23(6-9-28-20)11-16-10-21-15-22-16/h2-5,10,15H,6-9,11-14H2,1H3,(H,21,22). The Labute approximate surface area is 164 Å². The summed E-state index contributed by atoms with van der Waals surface area (Å²) >= 11 is 0. The molecule has 0 bridgehead atoms. The van der Waals surface area contributed by atoms with Crippen molar-refractivity contribution in [2.45, 2.75) is 12.1 Å². The zero-order valence-corrected chi connectivity index (χ0v) is 16.1. The molecule has 2 aliphatic rings. The second-order valence-electron chi connectivity index (χ2n) is 7.30. The second-order valence-corrected chi connectivity index (χ2v) is 7.30. The van der Waals surface area contributed by atoms with Crippen molar-refractivity contribution in [3.63, 3.8) is 0 Å². The molecule has 28 heavy (non-hydrogen) atoms. The zero-order valence-electron chi connectivity index (χ0n) is 16.1. The number of rotatable bonds is 4. The quantitative estimate of drug-likeness (QED) is 0.850. The number of nitrogens with one attached hydrogen (secondary N) is 1. The van der Waals surface area contributed by atoms with E-state index in [4.69, 9.17) is 14.2 Å². The van der Waals surface area contributed by atoms with Crippen LogP contribution in [0.1, 0.15) is 16.1 Å². The van der Waals surface area contributed by atoms with E-state index < -0.39 is 5.60 Å². The van der Waals surface area contributed by atoms with Gasteiger partial charge >= 0.3 is 0 Å². The summed E-state index contributed by atoms with van der Waals surface area (Å²) in [5.74, 6) is 0.522. The van der Waals surface area contributed by atoms with Crippen LogP contribution in [0.5, 0.6) is 5.75 Å². The van der Waals surface area contributed by atoms with Crippen LogP contribution in [0, 0.1) is 0 Å². The molecule has 2 fully saturated rings. The summed E-state index contributed by atoms with van der Waals surface area (Å²) in [6.07, 6.45) is 3.52. The highest BCUT2D eigenvalue weighted by atomic mass is 16.5. The van der Waals surface area contributed by atoms with Crippen molar-refractivity contribution < 1.29 is 19.0 Å². The average Bonchev–Trinajstić information content (AvgIpc) is 3.15. The van der Waals surface area contributed by atoms with Gasteiger partial charge in [0.05, 0.1) is 45.4 Å². The van der Waals surface area contributed by atoms with Gasteiger partial charge in [-0.3, -0.25) is 9.69 Å². The van der Waals surface area contributed by atoms with Crippen LogP contribution in [0.4, 0.5) is 0 Å². The molecule has 0 saturated carbocycles. The smallest absolute Gasteiger partial charge is 0.257 e. The van der Waals surface area contributed by atoms with Crippen molar-refractivity contribution in [3.8, 4) is 5.75 Å². The number of methoxy groups -OCH3 is 1. The Morgan fingerprint density at radius 2 is 2.18 bits per heavy atom. The minimum absolute atomic E-state index is 0.0587. The highest BCUT2D eigenvalue weighted by Gasteiger charge is 2.41. The molecule has 8 nitrogen and oxygen atoms in total. The molecule has 1 aromatic heterocycles. The van der Waals surface area contributed by atoms with E-state index in [-0.39, 0.29) is 5.91 Å². The Balaban J connectivity index is 1.51. The van der Waals surface area contributed by atoms with Crippen molar-refractivity contribution in [1.82, 2.24) is 19.8 Å². The number of hydrogen-bond acceptors (Lipinski definition) is 6. The third-order valence-corrected chi connectivity index (χ3v) is 5.25. The minimum atomic E-state index is -0.535. The molecule has 1 aromatic carbocycles. The van der Waals surface area contributed by atoms with Crippen molar-refractivity contribution in [2.24, 2.45) is 0 Å². The Bertz CT molecular complexity index is 797. The minimum Gasteiger partial charge on any atom is -0.496 e. The largest absolute Gasteiger partial charge is 0.496 e. The molecular weight excluding hydrogens is 360 g/mol. The van der Waals surface area contributed by atoms with Gasteiger partial charge in [-0.05, 0) is 12.1 Å². The van der Waals surface area contributed by atoms with Crippen LogP contribution in [0.2, 0.25) is 0 Å². The van der Waals surface area contributed by atoms with Crippen molar-refractivity contribution in [3.05, 3.63) is 48.0 Å². The molecule has 2 aliphatic heterocycles. The van der Waals surface area contributed by atoms with Crippen LogP contribution in [0.3, 0.4) is 0 Å². The second kappa shape index (κ2) is 8.30. The first-order valence-corrected chi connectivity index (χ1v) is 9.53. The van der Waals surface area contributed by atoms with E-state index in [1.165, 1.54) is 0 Å². The van der Waals surface area contributed by atoms with Crippen LogP contribution in [0.15, 0.2) is 36.8 Å². The summed E-state index contributed by atoms with van der Waals surface area (Å²) in [6, 6.07) is 7.32. The van der Waals surface area contributed by atoms with Gasteiger partial charge in [-0.25, -0.2) is 4.98 Å². The third kappa shape index (κ3) is 4.04. The van der Waals surface area contributed by atoms with Gasteiger partial charge in [-0.1, -0.05) is 12.1 Å². The molecule has 1 amide bonds. The van der Waals surface area contributed by atoms with E-state index in [9.17, 15) is 4.79 Å². The molecule has 1 atom stereocenters. The first kappa shape index (κ1) is 18.9. The maximum Gasteiger partial charge on any atom is 0.257 e. The van der Waals surface area contributed by atoms with Gasteiger partial charge in [0.15, 0.2) is 0 Å². The van der Waals surface area contributed by atoms with Gasteiger partial charge in [0.1, 0.15) is 11.4 Å². The number of benzene rings is 1. The number of morpholine rings is 1. The number of carbonyl (C=O) groups excluding carboxylic acids is 1. The Morgan fingerprint density at radius 1 is 1.29 bits per heavy atom. The number of carbonyl (C=O) groups is 1. The monoisotopic (exact) mass is 386 g/mol. The predicted octanol–water partition coefficient (Wildman–Crippen LogP) is 1.16. The highest BCUT2D eigenvalue weighted by Crippen LogP contribution is 2.26. The maximum absolute atomic E-state index is 13.2. The summed E-state index contributed by atoms with van der Waals surface area (Å²) in [5.41, 5.74) is 1.09. The van der Waals surface area contributed by atoms with E-state index in [1.807, 2.05) is 23.2 Å². The molecule has 1 spiro atoms. The molecule has 150 valence electrons. The average molecular weight is 386 g/mol. The molecule has 3 heterocycles. The van der Waals surface area contributed by atoms with E-state index in [0.29, 0.717) is 50.8 Å². The van der Waals surface area contributed by atoms with Gasteiger partial charge in [0, 0.05) is 38.1 Å². The number of nitrogens with zero attached hydrogens (tertiary/aromatic N) is 3. The van der Waals surface area contributed by atoms with Crippen molar-refractivity contribution in [2.75, 3.05) is 53.1 Å². The molecule has 0 radical (unpaired) electrons. The van der Waals surface area contributed by atoms with Crippen molar-refractivity contribution in [1.29, 1.82) is 0 Å². The lowest BCUT2D eigenvalue weighted by Gasteiger charge is -2.43. The molecule has 0 aliphatic carbocycles. The fourth-order valence-electron chi connectivity index (χ4n) is 3.92. The number of para-hydroxylation sites is 1. The number of hydrogen-bond donors (Lipinski definition) is 1. The third-order valence-electron chi connectivity index (χ3n) is 5.25. The number of aromatic nitrogens is 2. The van der Waals surface area contributed by atoms with E-state index in [2.05, 4.69) is 14.9 Å². The van der Waals surface area contributed by atoms with Crippen LogP contribution in [-0.2, 0) is 16.0 Å². The van der Waals surface area contributed by atoms with E-state index >= 15 is 0 Å². The molecule has 1 N–H and O–H groups in total. The zero-order chi connectivity index (χ0) is 19.4. The number of imidazole rings is 1. The Morgan fingerprint density at radius 3 is 3.00 bits per heavy atom. The molecule has 2 aromatic rings. The Hall–Kier alpha value is -2.42. The highest BCUT2D eigenvalue weighted by molar-refractivity contribution is 5.97. The van der Waals surface area contributed by atoms with E-state index in [1.54, 1.807) is 25.6 Å². The summed E-state index contributed by atoms with van der Waals surface area (Å²) in [4.78, 5) is 24.6. The molecule has 8 heteroatoms. The van der Waals surface area contributed by atoms with Crippen molar-refractivity contribution >= 4 is 5.91 Å². The van der Waals surface area contributed by atoms with Crippen LogP contribution in [-0.4, -0.2) is 84.4 Å². The Kier molecular flexibility index (Phi) is 5.61. The lowest BCUT2D eigenvalue weighted by molar-refractivity contribution is -0.141. The molecule has 2 saturated heterocycles. The van der Waals surface area contributed by atoms with Gasteiger partial charge in [0.2, 0.25) is 0 Å². The number of ether oxygens (including phenoxy) is 3. The number of H-pyrrole nitrogens is 1. The molecule has 1 unspecified atom stereocenters. The summed E-state index contributed by atoms with van der Waals surface area (Å²) in [6.45, 7) is 4.89. The topological polar surface area (TPSA) is 79.9 Å². The summed E-state index contributed by atoms with van der Waals surface area (Å²) < 4.78 is 17.4. The summed E-state index contributed by atoms with van der Waals surface area (Å²) in [7, 11) is 1.58. The number of aromatic amines is 1. The van der Waals surface area contributed by atoms with Gasteiger partial charge in [-0.2, -0.15) is 0 Å². The van der Waals surface area contributed by atoms with Crippen LogP contribution >= 0.6 is 0 Å². The summed E-state index contributed by atoms with van der Waals surface area (Å²) in [5, 5.41) is 0. The lowest BCUT2D eigenvalue weighted by atomic mass is 10.0. The fourth-order valence-corrected chi connectivity index (χ4v) is 3.92. The van der Waals surface area contributed by atoms with Gasteiger partial charge < -0.3 is 24.1 Å². The van der Waals surface area contributed by atoms with E-state index in [0.717, 1.165) is 18.8 Å². The number of amides is 1. The lowest BCUT2D eigenvalue weighted by Crippen LogP contribution is -2.59. The maximum atomic E-state index is 13.2. The van der Waals surface area contributed by atoms with Gasteiger partial charge in [0.25, 0.3) is 5.91 Å². The SMILES string of the molecule is COc1ccccc1C(=O)N1CCOCC2(CN(Cc3cnc[nH]3)CCO2)C1. The van der Waals surface area contributed by atoms with Crippen LogP contribution < -0.4 is 4.74 Å². The fraction of sp³-hybridized carbons (Fsp3) is 0.500. The first-order chi connectivity index (χ1) is 13.7. The normalized spacial score (nSPS) is 23.5. The molecule has 4 rings (SSSR count). The predicted molar refractivity (Wildman–Crippen MR) is 102 cm³/mol. The first-order valence-electron chi connectivity index (χ1n) is 9.53.